The molecule has 0 aromatic carbocycles. The molecular weight excluding hydrogens is 1080 g/mol. The summed E-state index contributed by atoms with van der Waals surface area (Å²) in [6.45, 7) is -7.33. The number of ether oxygens (including phenoxy) is 14. The summed E-state index contributed by atoms with van der Waals surface area (Å²) in [5.41, 5.74) is 0. The molecule has 0 unspecified atom stereocenters. The highest BCUT2D eigenvalue weighted by atomic mass is 16.8. The van der Waals surface area contributed by atoms with Crippen molar-refractivity contribution < 1.29 is 179 Å². The van der Waals surface area contributed by atoms with Crippen LogP contribution in [0.15, 0.2) is 0 Å². The maximum atomic E-state index is 11.3. The molecule has 0 amide bonds. The predicted molar refractivity (Wildman–Crippen MR) is 232 cm³/mol. The monoisotopic (exact) mass is 1150 g/mol. The molecule has 0 saturated carbocycles. The first-order valence-electron chi connectivity index (χ1n) is 24.6. The average Bonchev–Trinajstić information content (AvgIpc) is 3.42. The fraction of sp³-hybridized carbons (Fsp3) is 1.00. The summed E-state index contributed by atoms with van der Waals surface area (Å²) >= 11 is 0. The van der Waals surface area contributed by atoms with Crippen LogP contribution in [0.3, 0.4) is 0 Å². The Labute approximate surface area is 439 Å². The quantitative estimate of drug-likeness (QED) is 0.113. The second kappa shape index (κ2) is 27.1. The Bertz CT molecular complexity index is 1470. The fourth-order valence-corrected chi connectivity index (χ4v) is 10.4. The van der Waals surface area contributed by atoms with Crippen molar-refractivity contribution in [3.8, 4) is 0 Å². The van der Waals surface area contributed by atoms with E-state index in [-0.39, 0.29) is 5.48 Å². The highest BCUT2D eigenvalue weighted by Gasteiger charge is 2.59. The normalized spacial score (nSPS) is 54.7. The standard InChI is InChI=1S/C42H70O35.H2O/c43-1-8-29-15(50)22(57)36(64-8)72-30-9(2-44)66-38(24(59)17(30)52)74-32-11(4-46)68-40(26(61)19(32)54)76-34-13(6-48)70-42(28(63)21(34)56)77-35-14(7-49)69-41(27(62)20(35)55)75-33-12(5-47)67-39(25(60)18(33)53)73-31-10(3-45)65-37(71-29)23(58)16(31)51;/h8-63H,1-7H2;1H2/t8-,9-,10-,11-,12-,13-,14-,15-,16-,17-,18-,19-,20-,21-,22-,23-,24-,25-,26-,27-,28-,29-,30-,31-,32-,33-,34-,35-,36-,37-,38-,39-,40-,41-,42-;/m1./s1. The number of hydrogen-bond donors (Lipinski definition) is 21. The summed E-state index contributed by atoms with van der Waals surface area (Å²) in [6.07, 6.45) is -70.2. The van der Waals surface area contributed by atoms with Crippen LogP contribution in [-0.2, 0) is 66.3 Å². The van der Waals surface area contributed by atoms with E-state index in [9.17, 15) is 107 Å². The molecule has 0 spiro atoms. The van der Waals surface area contributed by atoms with Crippen molar-refractivity contribution in [1.29, 1.82) is 0 Å². The van der Waals surface area contributed by atoms with Crippen LogP contribution in [0.4, 0.5) is 0 Å². The highest BCUT2D eigenvalue weighted by Crippen LogP contribution is 2.39. The lowest BCUT2D eigenvalue weighted by Gasteiger charge is -2.50. The smallest absolute Gasteiger partial charge is 0.187 e. The number of rotatable bonds is 7. The van der Waals surface area contributed by atoms with Crippen LogP contribution >= 0.6 is 0 Å². The molecule has 0 aromatic rings. The molecule has 21 fully saturated rings. The molecule has 78 heavy (non-hydrogen) atoms. The Morgan fingerprint density at radius 3 is 0.359 bits per heavy atom. The molecular formula is C42H72O36. The minimum Gasteiger partial charge on any atom is -0.412 e. The molecule has 21 heterocycles. The van der Waals surface area contributed by atoms with Crippen LogP contribution in [0, 0.1) is 0 Å². The first-order valence-corrected chi connectivity index (χ1v) is 24.6. The SMILES string of the molecule is O.OC[C@H]1O[C@@H]2O[C@H]3[C@H](O)[C@@H](O)[C@@H](O[C@H]4[C@H](O)[C@@H](O)[C@@H](O[C@H]5[C@H](O)[C@@H](O)[C@@H](O[C@H]6[C@H](O)[C@@H](O)[C@@H](O[C@H]7[C@H](O)[C@@H](O)[C@@H](O[C@H]8[C@H](O)[C@@H](O)[C@@H](O[C@H]1[C@H](O)[C@H]2O)O[C@@H]8CO)O[C@@H]7CO)O[C@@H]6CO)O[C@@H]5CO)O[C@@H]4CO)O[C@@H]3CO. The van der Waals surface area contributed by atoms with Crippen molar-refractivity contribution in [3.63, 3.8) is 0 Å². The van der Waals surface area contributed by atoms with Gasteiger partial charge in [0.05, 0.1) is 46.2 Å². The lowest BCUT2D eigenvalue weighted by molar-refractivity contribution is -0.396. The van der Waals surface area contributed by atoms with Crippen molar-refractivity contribution in [2.75, 3.05) is 46.2 Å². The third-order valence-corrected chi connectivity index (χ3v) is 14.8. The minimum absolute atomic E-state index is 0. The number of aliphatic hydroxyl groups is 21. The van der Waals surface area contributed by atoms with Gasteiger partial charge in [0, 0.05) is 0 Å². The van der Waals surface area contributed by atoms with Crippen LogP contribution < -0.4 is 0 Å². The van der Waals surface area contributed by atoms with Crippen LogP contribution in [-0.4, -0.2) is 374 Å². The Balaban J connectivity index is 0.00000882. The fourth-order valence-electron chi connectivity index (χ4n) is 10.4. The Morgan fingerprint density at radius 1 is 0.167 bits per heavy atom. The second-order valence-corrected chi connectivity index (χ2v) is 19.7. The van der Waals surface area contributed by atoms with Gasteiger partial charge >= 0.3 is 0 Å². The van der Waals surface area contributed by atoms with Gasteiger partial charge < -0.3 is 179 Å². The maximum Gasteiger partial charge on any atom is 0.187 e. The number of hydrogen-bond acceptors (Lipinski definition) is 35. The lowest BCUT2D eigenvalue weighted by atomic mass is 9.95. The van der Waals surface area contributed by atoms with Gasteiger partial charge in [0.15, 0.2) is 44.0 Å². The van der Waals surface area contributed by atoms with Gasteiger partial charge in [-0.25, -0.2) is 0 Å². The summed E-state index contributed by atoms with van der Waals surface area (Å²) < 4.78 is 79.5. The van der Waals surface area contributed by atoms with E-state index in [0.717, 1.165) is 0 Å². The van der Waals surface area contributed by atoms with Gasteiger partial charge in [-0.3, -0.25) is 0 Å². The van der Waals surface area contributed by atoms with Crippen LogP contribution in [0.2, 0.25) is 0 Å². The summed E-state index contributed by atoms with van der Waals surface area (Å²) in [4.78, 5) is 0. The molecule has 23 N–H and O–H groups in total. The van der Waals surface area contributed by atoms with Gasteiger partial charge in [-0.1, -0.05) is 0 Å². The molecule has 21 rings (SSSR count). The van der Waals surface area contributed by atoms with Crippen molar-refractivity contribution in [2.24, 2.45) is 0 Å². The van der Waals surface area contributed by atoms with Gasteiger partial charge in [0.25, 0.3) is 0 Å². The Morgan fingerprint density at radius 2 is 0.269 bits per heavy atom. The van der Waals surface area contributed by atoms with E-state index < -0.39 is 261 Å². The van der Waals surface area contributed by atoms with Gasteiger partial charge in [-0.05, 0) is 0 Å². The molecule has 36 nitrogen and oxygen atoms in total. The highest BCUT2D eigenvalue weighted by molar-refractivity contribution is 5.01. The molecule has 0 aliphatic carbocycles. The zero-order chi connectivity index (χ0) is 56.1. The average molecular weight is 1150 g/mol. The zero-order valence-corrected chi connectivity index (χ0v) is 40.8. The van der Waals surface area contributed by atoms with E-state index in [1.54, 1.807) is 0 Å². The van der Waals surface area contributed by atoms with E-state index in [1.165, 1.54) is 0 Å². The van der Waals surface area contributed by atoms with Crippen molar-refractivity contribution in [2.45, 2.75) is 215 Å². The lowest BCUT2D eigenvalue weighted by Crippen LogP contribution is -2.68. The molecule has 0 radical (unpaired) electrons. The molecule has 456 valence electrons. The summed E-state index contributed by atoms with van der Waals surface area (Å²) in [7, 11) is 0. The summed E-state index contributed by atoms with van der Waals surface area (Å²) in [6, 6.07) is 0. The van der Waals surface area contributed by atoms with Crippen LogP contribution in [0.25, 0.3) is 0 Å². The van der Waals surface area contributed by atoms with Gasteiger partial charge in [0.2, 0.25) is 0 Å². The largest absolute Gasteiger partial charge is 0.412 e. The maximum absolute atomic E-state index is 11.3. The van der Waals surface area contributed by atoms with E-state index in [4.69, 9.17) is 66.3 Å². The van der Waals surface area contributed by atoms with E-state index in [1.807, 2.05) is 0 Å². The topological polar surface area (TPSA) is 586 Å². The Kier molecular flexibility index (Phi) is 22.3. The summed E-state index contributed by atoms with van der Waals surface area (Å²) in [5.74, 6) is 0. The zero-order valence-electron chi connectivity index (χ0n) is 40.8. The van der Waals surface area contributed by atoms with Crippen molar-refractivity contribution in [3.05, 3.63) is 0 Å². The predicted octanol–water partition coefficient (Wildman–Crippen LogP) is -16.1. The minimum atomic E-state index is -2.21. The van der Waals surface area contributed by atoms with E-state index in [2.05, 4.69) is 0 Å². The molecule has 14 bridgehead atoms. The molecule has 21 aliphatic heterocycles. The molecule has 35 atom stereocenters. The first kappa shape index (κ1) is 64.1. The van der Waals surface area contributed by atoms with E-state index >= 15 is 0 Å². The molecule has 0 aromatic heterocycles. The van der Waals surface area contributed by atoms with E-state index in [0.29, 0.717) is 0 Å². The molecule has 21 aliphatic rings. The number of aliphatic hydroxyl groups excluding tert-OH is 21. The second-order valence-electron chi connectivity index (χ2n) is 19.7. The van der Waals surface area contributed by atoms with Crippen LogP contribution in [0.5, 0.6) is 0 Å². The molecule has 21 saturated heterocycles. The van der Waals surface area contributed by atoms with Crippen molar-refractivity contribution in [1.82, 2.24) is 0 Å². The van der Waals surface area contributed by atoms with Gasteiger partial charge in [-0.15, -0.1) is 0 Å². The van der Waals surface area contributed by atoms with Gasteiger partial charge in [0.1, 0.15) is 171 Å². The summed E-state index contributed by atoms with van der Waals surface area (Å²) in [5, 5.41) is 230. The molecule has 36 heteroatoms. The third kappa shape index (κ3) is 12.4. The first-order chi connectivity index (χ1) is 36.7. The van der Waals surface area contributed by atoms with Crippen LogP contribution in [0.1, 0.15) is 0 Å². The third-order valence-electron chi connectivity index (χ3n) is 14.8. The van der Waals surface area contributed by atoms with Gasteiger partial charge in [-0.2, -0.15) is 0 Å². The van der Waals surface area contributed by atoms with Crippen molar-refractivity contribution >= 4 is 0 Å². The Hall–Kier alpha value is -1.44.